The van der Waals surface area contributed by atoms with E-state index in [1.54, 1.807) is 7.11 Å². The van der Waals surface area contributed by atoms with Gasteiger partial charge in [-0.3, -0.25) is 9.59 Å². The zero-order valence-electron chi connectivity index (χ0n) is 21.9. The van der Waals surface area contributed by atoms with E-state index in [1.807, 2.05) is 0 Å². The molecule has 1 heterocycles. The molecule has 8 heteroatoms. The van der Waals surface area contributed by atoms with Crippen molar-refractivity contribution in [3.63, 3.8) is 0 Å². The van der Waals surface area contributed by atoms with E-state index in [1.165, 1.54) is 0 Å². The first-order valence-electron chi connectivity index (χ1n) is 13.9. The highest BCUT2D eigenvalue weighted by atomic mass is 16.5. The summed E-state index contributed by atoms with van der Waals surface area (Å²) in [4.78, 5) is 24.8. The van der Waals surface area contributed by atoms with E-state index < -0.39 is 18.0 Å². The number of carbonyl (C=O) groups excluding carboxylic acids is 2. The van der Waals surface area contributed by atoms with Gasteiger partial charge in [-0.1, -0.05) is 32.6 Å². The Morgan fingerprint density at radius 1 is 1.09 bits per heavy atom. The molecule has 0 aromatic carbocycles. The molecule has 2 aliphatic rings. The lowest BCUT2D eigenvalue weighted by Gasteiger charge is -2.46. The summed E-state index contributed by atoms with van der Waals surface area (Å²) in [5, 5.41) is 34.4. The fraction of sp³-hybridized carbons (Fsp3) is 0.926. The van der Waals surface area contributed by atoms with Crippen molar-refractivity contribution in [2.75, 3.05) is 20.3 Å². The third-order valence-electron chi connectivity index (χ3n) is 8.33. The van der Waals surface area contributed by atoms with Crippen molar-refractivity contribution in [1.82, 2.24) is 5.32 Å². The van der Waals surface area contributed by atoms with Crippen LogP contribution in [-0.2, 0) is 14.3 Å². The molecule has 0 radical (unpaired) electrons. The van der Waals surface area contributed by atoms with Gasteiger partial charge in [0.1, 0.15) is 0 Å². The number of aliphatic hydroxyl groups is 3. The van der Waals surface area contributed by atoms with Crippen molar-refractivity contribution in [2.45, 2.75) is 115 Å². The second-order valence-electron chi connectivity index (χ2n) is 10.8. The number of aliphatic hydroxyl groups excluding tert-OH is 3. The monoisotopic (exact) mass is 498 g/mol. The summed E-state index contributed by atoms with van der Waals surface area (Å²) < 4.78 is 5.63. The van der Waals surface area contributed by atoms with E-state index in [0.717, 1.165) is 51.5 Å². The Morgan fingerprint density at radius 3 is 2.46 bits per heavy atom. The largest absolute Gasteiger partial charge is 0.396 e. The molecule has 1 saturated heterocycles. The van der Waals surface area contributed by atoms with E-state index >= 15 is 0 Å². The molecule has 0 spiro atoms. The number of nitrogens with one attached hydrogen (secondary N) is 1. The average molecular weight is 499 g/mol. The number of ketones is 2. The Balaban J connectivity index is 1.94. The second-order valence-corrected chi connectivity index (χ2v) is 10.8. The van der Waals surface area contributed by atoms with Gasteiger partial charge < -0.3 is 31.1 Å². The van der Waals surface area contributed by atoms with Crippen LogP contribution in [0.3, 0.4) is 0 Å². The van der Waals surface area contributed by atoms with Crippen LogP contribution in [0.15, 0.2) is 0 Å². The highest BCUT2D eigenvalue weighted by Crippen LogP contribution is 2.43. The molecule has 204 valence electrons. The molecule has 2 fully saturated rings. The van der Waals surface area contributed by atoms with Crippen molar-refractivity contribution in [3.8, 4) is 0 Å². The smallest absolute Gasteiger partial charge is 0.170 e. The van der Waals surface area contributed by atoms with Gasteiger partial charge in [-0.15, -0.1) is 0 Å². The van der Waals surface area contributed by atoms with Crippen LogP contribution in [0.4, 0.5) is 0 Å². The number of rotatable bonds is 16. The van der Waals surface area contributed by atoms with Gasteiger partial charge in [0.2, 0.25) is 0 Å². The number of piperidine rings is 1. The van der Waals surface area contributed by atoms with Gasteiger partial charge in [0, 0.05) is 26.6 Å². The van der Waals surface area contributed by atoms with E-state index in [9.17, 15) is 24.9 Å². The lowest BCUT2D eigenvalue weighted by molar-refractivity contribution is -0.139. The zero-order valence-corrected chi connectivity index (χ0v) is 21.9. The maximum atomic E-state index is 12.6. The van der Waals surface area contributed by atoms with Crippen LogP contribution in [0.1, 0.15) is 90.4 Å². The van der Waals surface area contributed by atoms with Crippen molar-refractivity contribution in [3.05, 3.63) is 0 Å². The minimum absolute atomic E-state index is 0.0501. The Morgan fingerprint density at radius 2 is 1.80 bits per heavy atom. The van der Waals surface area contributed by atoms with Crippen LogP contribution in [0.25, 0.3) is 0 Å². The van der Waals surface area contributed by atoms with Crippen LogP contribution in [-0.4, -0.2) is 71.6 Å². The van der Waals surface area contributed by atoms with Crippen LogP contribution in [0, 0.1) is 23.7 Å². The van der Waals surface area contributed by atoms with Crippen molar-refractivity contribution in [1.29, 1.82) is 0 Å². The summed E-state index contributed by atoms with van der Waals surface area (Å²) in [6.07, 6.45) is 7.13. The number of Topliss-reactive ketones (excluding diaryl/α,β-unsaturated/α-hetero) is 2. The third kappa shape index (κ3) is 9.48. The molecule has 6 N–H and O–H groups in total. The standard InChI is InChI=1S/C27H50N2O6/c1-3-4-5-6-7-8-22(31)27(34)23(32)10-9-18-15-21(26(33)24(16-18)35-2)20(12-14-30)19-11-13-29-25(28)17-19/h18-21,24-27,29-30,33-34H,3-17,28H2,1-2H3/t18?,19?,20-,21?,24?,25?,26?,27+/m1/s1. The maximum absolute atomic E-state index is 12.6. The summed E-state index contributed by atoms with van der Waals surface area (Å²) in [6, 6.07) is 0. The fourth-order valence-electron chi connectivity index (χ4n) is 6.28. The van der Waals surface area contributed by atoms with Gasteiger partial charge >= 0.3 is 0 Å². The van der Waals surface area contributed by atoms with Gasteiger partial charge in [0.15, 0.2) is 17.7 Å². The van der Waals surface area contributed by atoms with Crippen molar-refractivity contribution >= 4 is 11.6 Å². The predicted octanol–water partition coefficient (Wildman–Crippen LogP) is 2.31. The SMILES string of the molecule is CCCCCCCC(=O)[C@H](O)C(=O)CCC1CC(OC)C(O)C([C@H](CCO)C2CCNC(N)C2)C1. The summed E-state index contributed by atoms with van der Waals surface area (Å²) in [6.45, 7) is 3.01. The highest BCUT2D eigenvalue weighted by Gasteiger charge is 2.43. The molecule has 35 heavy (non-hydrogen) atoms. The third-order valence-corrected chi connectivity index (χ3v) is 8.33. The molecule has 0 aromatic heterocycles. The highest BCUT2D eigenvalue weighted by molar-refractivity contribution is 6.04. The molecule has 8 nitrogen and oxygen atoms in total. The maximum Gasteiger partial charge on any atom is 0.170 e. The first-order chi connectivity index (χ1) is 16.8. The minimum atomic E-state index is -1.53. The van der Waals surface area contributed by atoms with E-state index in [-0.39, 0.29) is 55.3 Å². The van der Waals surface area contributed by atoms with Crippen molar-refractivity contribution < 1.29 is 29.6 Å². The fourth-order valence-corrected chi connectivity index (χ4v) is 6.28. The number of nitrogens with two attached hydrogens (primary N) is 1. The lowest BCUT2D eigenvalue weighted by atomic mass is 9.65. The summed E-state index contributed by atoms with van der Waals surface area (Å²) in [5.41, 5.74) is 6.14. The molecule has 1 saturated carbocycles. The molecule has 1 aliphatic carbocycles. The van der Waals surface area contributed by atoms with Crippen LogP contribution >= 0.6 is 0 Å². The topological polar surface area (TPSA) is 142 Å². The molecular weight excluding hydrogens is 448 g/mol. The Labute approximate surface area is 211 Å². The quantitative estimate of drug-likeness (QED) is 0.161. The number of hydrogen-bond acceptors (Lipinski definition) is 8. The summed E-state index contributed by atoms with van der Waals surface area (Å²) >= 11 is 0. The van der Waals surface area contributed by atoms with Gasteiger partial charge in [-0.25, -0.2) is 0 Å². The number of carbonyl (C=O) groups is 2. The average Bonchev–Trinajstić information content (AvgIpc) is 2.85. The lowest BCUT2D eigenvalue weighted by Crippen LogP contribution is -2.51. The number of hydrogen-bond donors (Lipinski definition) is 5. The molecule has 1 aliphatic heterocycles. The van der Waals surface area contributed by atoms with Crippen LogP contribution < -0.4 is 11.1 Å². The summed E-state index contributed by atoms with van der Waals surface area (Å²) in [7, 11) is 1.60. The molecule has 0 amide bonds. The molecule has 8 atom stereocenters. The first kappa shape index (κ1) is 30.3. The predicted molar refractivity (Wildman–Crippen MR) is 136 cm³/mol. The number of unbranched alkanes of at least 4 members (excludes halogenated alkanes) is 4. The normalized spacial score (nSPS) is 31.1. The molecular formula is C27H50N2O6. The Hall–Kier alpha value is -0.900. The van der Waals surface area contributed by atoms with Crippen LogP contribution in [0.2, 0.25) is 0 Å². The minimum Gasteiger partial charge on any atom is -0.396 e. The Bertz CT molecular complexity index is 633. The summed E-state index contributed by atoms with van der Waals surface area (Å²) in [5.74, 6) is -0.247. The molecule has 6 unspecified atom stereocenters. The van der Waals surface area contributed by atoms with E-state index in [2.05, 4.69) is 12.2 Å². The van der Waals surface area contributed by atoms with Gasteiger partial charge in [-0.05, 0) is 75.2 Å². The van der Waals surface area contributed by atoms with Crippen LogP contribution in [0.5, 0.6) is 0 Å². The van der Waals surface area contributed by atoms with Crippen molar-refractivity contribution in [2.24, 2.45) is 29.4 Å². The van der Waals surface area contributed by atoms with E-state index in [0.29, 0.717) is 31.6 Å². The Kier molecular flexibility index (Phi) is 13.9. The number of ether oxygens (including phenoxy) is 1. The van der Waals surface area contributed by atoms with E-state index in [4.69, 9.17) is 10.5 Å². The first-order valence-corrected chi connectivity index (χ1v) is 13.9. The second kappa shape index (κ2) is 16.0. The van der Waals surface area contributed by atoms with Gasteiger partial charge in [0.25, 0.3) is 0 Å². The number of methoxy groups -OCH3 is 1. The van der Waals surface area contributed by atoms with Gasteiger partial charge in [-0.2, -0.15) is 0 Å². The van der Waals surface area contributed by atoms with Gasteiger partial charge in [0.05, 0.1) is 18.4 Å². The molecule has 0 aromatic rings. The molecule has 2 rings (SSSR count). The molecule has 0 bridgehead atoms. The zero-order chi connectivity index (χ0) is 25.8.